The monoisotopic (exact) mass is 260 g/mol. The molecule has 0 aromatic rings. The average molecular weight is 260 g/mol. The Labute approximate surface area is 106 Å². The van der Waals surface area contributed by atoms with E-state index in [1.807, 2.05) is 11.8 Å². The minimum absolute atomic E-state index is 0.274. The van der Waals surface area contributed by atoms with Gasteiger partial charge in [-0.05, 0) is 13.3 Å². The lowest BCUT2D eigenvalue weighted by molar-refractivity contribution is -0.143. The summed E-state index contributed by atoms with van der Waals surface area (Å²) in [5.74, 6) is -0.0856. The molecule has 5 nitrogen and oxygen atoms in total. The number of carboxylic acid groups (broad SMARTS) is 1. The lowest BCUT2D eigenvalue weighted by Gasteiger charge is -2.34. The van der Waals surface area contributed by atoms with Crippen LogP contribution in [0.15, 0.2) is 0 Å². The van der Waals surface area contributed by atoms with Gasteiger partial charge in [-0.25, -0.2) is 9.59 Å². The van der Waals surface area contributed by atoms with Gasteiger partial charge in [0.15, 0.2) is 0 Å². The molecule has 2 atom stereocenters. The Bertz CT molecular complexity index is 311. The van der Waals surface area contributed by atoms with Crippen LogP contribution in [0.5, 0.6) is 0 Å². The minimum Gasteiger partial charge on any atom is -0.480 e. The number of hydrogen-bond donors (Lipinski definition) is 2. The number of nitrogens with one attached hydrogen (secondary N) is 1. The summed E-state index contributed by atoms with van der Waals surface area (Å²) >= 11 is 1.83. The Kier molecular flexibility index (Phi) is 4.68. The van der Waals surface area contributed by atoms with Crippen LogP contribution in [-0.4, -0.2) is 51.6 Å². The minimum atomic E-state index is -1.18. The van der Waals surface area contributed by atoms with Gasteiger partial charge in [0.2, 0.25) is 0 Å². The Morgan fingerprint density at radius 1 is 1.59 bits per heavy atom. The van der Waals surface area contributed by atoms with E-state index >= 15 is 0 Å². The Morgan fingerprint density at radius 3 is 2.71 bits per heavy atom. The first kappa shape index (κ1) is 14.2. The van der Waals surface area contributed by atoms with E-state index in [1.165, 1.54) is 6.92 Å². The fraction of sp³-hybridized carbons (Fsp3) is 0.818. The van der Waals surface area contributed by atoms with Gasteiger partial charge in [-0.1, -0.05) is 13.8 Å². The van der Waals surface area contributed by atoms with Gasteiger partial charge in [0, 0.05) is 24.1 Å². The molecule has 98 valence electrons. The molecule has 0 saturated carbocycles. The number of rotatable bonds is 3. The normalized spacial score (nSPS) is 23.9. The highest BCUT2D eigenvalue weighted by molar-refractivity contribution is 7.99. The molecule has 17 heavy (non-hydrogen) atoms. The zero-order valence-corrected chi connectivity index (χ0v) is 11.3. The maximum atomic E-state index is 12.0. The third kappa shape index (κ3) is 3.52. The molecule has 1 aliphatic rings. The smallest absolute Gasteiger partial charge is 0.329 e. The molecular formula is C11H20N2O3S. The quantitative estimate of drug-likeness (QED) is 0.804. The number of nitrogens with zero attached hydrogens (tertiary/aromatic N) is 1. The van der Waals surface area contributed by atoms with Crippen LogP contribution in [-0.2, 0) is 4.79 Å². The Hall–Kier alpha value is -0.910. The highest BCUT2D eigenvalue weighted by atomic mass is 32.2. The number of amides is 2. The van der Waals surface area contributed by atoms with Crippen molar-refractivity contribution in [2.75, 3.05) is 18.8 Å². The predicted octanol–water partition coefficient (Wildman–Crippen LogP) is 1.39. The van der Waals surface area contributed by atoms with Crippen molar-refractivity contribution in [3.05, 3.63) is 0 Å². The molecule has 1 fully saturated rings. The molecule has 0 aromatic carbocycles. The third-order valence-electron chi connectivity index (χ3n) is 3.09. The SMILES string of the molecule is CCC(C)(NC(=O)N1CCSC(C)C1)C(=O)O. The van der Waals surface area contributed by atoms with E-state index < -0.39 is 11.5 Å². The average Bonchev–Trinajstić information content (AvgIpc) is 2.28. The van der Waals surface area contributed by atoms with Gasteiger partial charge in [-0.2, -0.15) is 11.8 Å². The molecule has 0 radical (unpaired) electrons. The summed E-state index contributed by atoms with van der Waals surface area (Å²) < 4.78 is 0. The van der Waals surface area contributed by atoms with E-state index in [-0.39, 0.29) is 6.03 Å². The zero-order valence-electron chi connectivity index (χ0n) is 10.5. The molecular weight excluding hydrogens is 240 g/mol. The highest BCUT2D eigenvalue weighted by Gasteiger charge is 2.34. The molecule has 0 spiro atoms. The van der Waals surface area contributed by atoms with E-state index in [4.69, 9.17) is 5.11 Å². The van der Waals surface area contributed by atoms with E-state index in [9.17, 15) is 9.59 Å². The predicted molar refractivity (Wildman–Crippen MR) is 68.4 cm³/mol. The molecule has 0 aromatic heterocycles. The Morgan fingerprint density at radius 2 is 2.24 bits per heavy atom. The molecule has 0 aliphatic carbocycles. The van der Waals surface area contributed by atoms with Crippen LogP contribution >= 0.6 is 11.8 Å². The van der Waals surface area contributed by atoms with Crippen LogP contribution in [0.2, 0.25) is 0 Å². The van der Waals surface area contributed by atoms with Crippen molar-refractivity contribution < 1.29 is 14.7 Å². The maximum Gasteiger partial charge on any atom is 0.329 e. The van der Waals surface area contributed by atoms with Gasteiger partial charge in [-0.15, -0.1) is 0 Å². The van der Waals surface area contributed by atoms with Crippen LogP contribution in [0.4, 0.5) is 4.79 Å². The molecule has 2 amide bonds. The van der Waals surface area contributed by atoms with E-state index in [0.717, 1.165) is 5.75 Å². The first-order valence-corrected chi connectivity index (χ1v) is 6.86. The molecule has 1 saturated heterocycles. The van der Waals surface area contributed by atoms with Crippen LogP contribution in [0.25, 0.3) is 0 Å². The van der Waals surface area contributed by atoms with Crippen LogP contribution < -0.4 is 5.32 Å². The van der Waals surface area contributed by atoms with Crippen LogP contribution in [0, 0.1) is 0 Å². The fourth-order valence-electron chi connectivity index (χ4n) is 1.61. The largest absolute Gasteiger partial charge is 0.480 e. The number of carbonyl (C=O) groups excluding carboxylic acids is 1. The second-order valence-electron chi connectivity index (χ2n) is 4.55. The summed E-state index contributed by atoms with van der Waals surface area (Å²) in [6.07, 6.45) is 0.367. The molecule has 2 N–H and O–H groups in total. The molecule has 0 bridgehead atoms. The molecule has 1 aliphatic heterocycles. The number of carboxylic acids is 1. The van der Waals surface area contributed by atoms with Gasteiger partial charge in [0.25, 0.3) is 0 Å². The first-order chi connectivity index (χ1) is 7.89. The highest BCUT2D eigenvalue weighted by Crippen LogP contribution is 2.18. The Balaban J connectivity index is 2.61. The lowest BCUT2D eigenvalue weighted by Crippen LogP contribution is -2.57. The number of carbonyl (C=O) groups is 2. The second kappa shape index (κ2) is 5.62. The van der Waals surface area contributed by atoms with Gasteiger partial charge in [0.1, 0.15) is 5.54 Å². The molecule has 2 unspecified atom stereocenters. The second-order valence-corrected chi connectivity index (χ2v) is 6.09. The van der Waals surface area contributed by atoms with Gasteiger partial charge >= 0.3 is 12.0 Å². The van der Waals surface area contributed by atoms with Crippen molar-refractivity contribution in [1.82, 2.24) is 10.2 Å². The van der Waals surface area contributed by atoms with Crippen molar-refractivity contribution in [2.45, 2.75) is 38.0 Å². The van der Waals surface area contributed by atoms with Crippen molar-refractivity contribution in [2.24, 2.45) is 0 Å². The van der Waals surface area contributed by atoms with Crippen molar-refractivity contribution in [1.29, 1.82) is 0 Å². The van der Waals surface area contributed by atoms with Crippen molar-refractivity contribution in [3.8, 4) is 0 Å². The molecule has 6 heteroatoms. The van der Waals surface area contributed by atoms with Crippen LogP contribution in [0.3, 0.4) is 0 Å². The van der Waals surface area contributed by atoms with Crippen molar-refractivity contribution in [3.63, 3.8) is 0 Å². The van der Waals surface area contributed by atoms with Gasteiger partial charge < -0.3 is 15.3 Å². The summed E-state index contributed by atoms with van der Waals surface area (Å²) in [5, 5.41) is 12.1. The van der Waals surface area contributed by atoms with E-state index in [1.54, 1.807) is 11.8 Å². The summed E-state index contributed by atoms with van der Waals surface area (Å²) in [6, 6.07) is -0.274. The summed E-state index contributed by atoms with van der Waals surface area (Å²) in [7, 11) is 0. The summed E-state index contributed by atoms with van der Waals surface area (Å²) in [5.41, 5.74) is -1.18. The standard InChI is InChI=1S/C11H20N2O3S/c1-4-11(3,9(14)15)12-10(16)13-5-6-17-8(2)7-13/h8H,4-7H2,1-3H3,(H,12,16)(H,14,15). The molecule has 1 rings (SSSR count). The zero-order chi connectivity index (χ0) is 13.1. The number of aliphatic carboxylic acids is 1. The lowest BCUT2D eigenvalue weighted by atomic mass is 10.00. The van der Waals surface area contributed by atoms with Crippen molar-refractivity contribution >= 4 is 23.8 Å². The van der Waals surface area contributed by atoms with Gasteiger partial charge in [0.05, 0.1) is 0 Å². The van der Waals surface area contributed by atoms with E-state index in [2.05, 4.69) is 12.2 Å². The third-order valence-corrected chi connectivity index (χ3v) is 4.23. The number of thioether (sulfide) groups is 1. The summed E-state index contributed by atoms with van der Waals surface area (Å²) in [4.78, 5) is 24.8. The maximum absolute atomic E-state index is 12.0. The summed E-state index contributed by atoms with van der Waals surface area (Å²) in [6.45, 7) is 6.72. The first-order valence-electron chi connectivity index (χ1n) is 5.81. The van der Waals surface area contributed by atoms with Gasteiger partial charge in [-0.3, -0.25) is 0 Å². The topological polar surface area (TPSA) is 69.6 Å². The van der Waals surface area contributed by atoms with Crippen LogP contribution in [0.1, 0.15) is 27.2 Å². The number of hydrogen-bond acceptors (Lipinski definition) is 3. The number of urea groups is 1. The molecule has 1 heterocycles. The fourth-order valence-corrected chi connectivity index (χ4v) is 2.62. The van der Waals surface area contributed by atoms with E-state index in [0.29, 0.717) is 24.8 Å².